The van der Waals surface area contributed by atoms with Crippen molar-refractivity contribution in [1.29, 1.82) is 0 Å². The third-order valence-corrected chi connectivity index (χ3v) is 3.97. The van der Waals surface area contributed by atoms with Crippen molar-refractivity contribution in [2.45, 2.75) is 6.92 Å². The van der Waals surface area contributed by atoms with Crippen LogP contribution in [-0.4, -0.2) is 49.5 Å². The molecule has 0 atom stereocenters. The van der Waals surface area contributed by atoms with Crippen molar-refractivity contribution in [3.05, 3.63) is 24.3 Å². The first-order chi connectivity index (χ1) is 9.76. The molecule has 8 nitrogen and oxygen atoms in total. The molecule has 1 aromatic carbocycles. The van der Waals surface area contributed by atoms with Crippen LogP contribution in [0.1, 0.15) is 6.92 Å². The number of aromatic hydroxyl groups is 1. The van der Waals surface area contributed by atoms with Crippen LogP contribution in [0.15, 0.2) is 24.3 Å². The van der Waals surface area contributed by atoms with E-state index in [1.54, 1.807) is 0 Å². The molecule has 9 heteroatoms. The highest BCUT2D eigenvalue weighted by molar-refractivity contribution is 7.93. The number of rotatable bonds is 7. The number of ether oxygens (including phenoxy) is 1. The van der Waals surface area contributed by atoms with Gasteiger partial charge < -0.3 is 14.9 Å². The van der Waals surface area contributed by atoms with E-state index in [1.807, 2.05) is 0 Å². The van der Waals surface area contributed by atoms with Gasteiger partial charge >= 0.3 is 11.9 Å². The van der Waals surface area contributed by atoms with Crippen LogP contribution in [0, 0.1) is 0 Å². The van der Waals surface area contributed by atoms with E-state index in [0.29, 0.717) is 4.31 Å². The zero-order valence-corrected chi connectivity index (χ0v) is 12.0. The molecule has 0 unspecified atom stereocenters. The molecule has 0 bridgehead atoms. The van der Waals surface area contributed by atoms with Crippen LogP contribution in [0.5, 0.6) is 5.75 Å². The summed E-state index contributed by atoms with van der Waals surface area (Å²) >= 11 is 0. The number of nitrogens with zero attached hydrogens (tertiary/aromatic N) is 1. The Kier molecular flexibility index (Phi) is 5.53. The highest BCUT2D eigenvalue weighted by Gasteiger charge is 2.28. The predicted octanol–water partition coefficient (Wildman–Crippen LogP) is 0.176. The van der Waals surface area contributed by atoms with Crippen LogP contribution in [0.25, 0.3) is 0 Å². The Morgan fingerprint density at radius 1 is 1.24 bits per heavy atom. The fourth-order valence-electron chi connectivity index (χ4n) is 1.52. The molecule has 0 amide bonds. The van der Waals surface area contributed by atoms with Crippen molar-refractivity contribution in [1.82, 2.24) is 0 Å². The second kappa shape index (κ2) is 6.93. The van der Waals surface area contributed by atoms with Gasteiger partial charge in [-0.1, -0.05) is 0 Å². The Labute approximate surface area is 121 Å². The minimum absolute atomic E-state index is 0.0203. The molecule has 0 aliphatic rings. The van der Waals surface area contributed by atoms with Gasteiger partial charge in [-0.25, -0.2) is 8.42 Å². The topological polar surface area (TPSA) is 121 Å². The third kappa shape index (κ3) is 4.95. The number of carboxylic acids is 1. The number of hydrogen-bond acceptors (Lipinski definition) is 6. The van der Waals surface area contributed by atoms with Gasteiger partial charge in [-0.05, 0) is 31.2 Å². The van der Waals surface area contributed by atoms with Crippen LogP contribution in [-0.2, 0) is 24.3 Å². The number of esters is 1. The molecule has 1 aromatic rings. The smallest absolute Gasteiger partial charge is 0.324 e. The van der Waals surface area contributed by atoms with Gasteiger partial charge in [0, 0.05) is 0 Å². The normalized spacial score (nSPS) is 10.9. The monoisotopic (exact) mass is 317 g/mol. The number of hydrogen-bond donors (Lipinski definition) is 2. The summed E-state index contributed by atoms with van der Waals surface area (Å²) in [6.07, 6.45) is 0. The second-order valence-corrected chi connectivity index (χ2v) is 5.87. The molecular weight excluding hydrogens is 302 g/mol. The summed E-state index contributed by atoms with van der Waals surface area (Å²) in [5, 5.41) is 18.0. The summed E-state index contributed by atoms with van der Waals surface area (Å²) in [5.41, 5.74) is 0.0273. The van der Waals surface area contributed by atoms with Gasteiger partial charge in [-0.2, -0.15) is 0 Å². The lowest BCUT2D eigenvalue weighted by Gasteiger charge is -2.22. The summed E-state index contributed by atoms with van der Waals surface area (Å²) in [6, 6.07) is 4.90. The highest BCUT2D eigenvalue weighted by Crippen LogP contribution is 2.21. The van der Waals surface area contributed by atoms with Crippen LogP contribution < -0.4 is 4.31 Å². The molecule has 0 aliphatic heterocycles. The number of phenols is 1. The van der Waals surface area contributed by atoms with Crippen molar-refractivity contribution < 1.29 is 33.0 Å². The third-order valence-electron chi connectivity index (χ3n) is 2.36. The van der Waals surface area contributed by atoms with Crippen LogP contribution in [0.4, 0.5) is 5.69 Å². The van der Waals surface area contributed by atoms with Crippen molar-refractivity contribution in [2.75, 3.05) is 23.2 Å². The molecule has 0 fully saturated rings. The number of aliphatic carboxylic acids is 1. The lowest BCUT2D eigenvalue weighted by molar-refractivity contribution is -0.140. The van der Waals surface area contributed by atoms with E-state index < -0.39 is 34.3 Å². The van der Waals surface area contributed by atoms with Crippen LogP contribution >= 0.6 is 0 Å². The van der Waals surface area contributed by atoms with E-state index >= 15 is 0 Å². The van der Waals surface area contributed by atoms with Gasteiger partial charge in [0.05, 0.1) is 12.3 Å². The van der Waals surface area contributed by atoms with Crippen molar-refractivity contribution in [3.63, 3.8) is 0 Å². The molecule has 0 radical (unpaired) electrons. The molecule has 0 spiro atoms. The van der Waals surface area contributed by atoms with E-state index in [9.17, 15) is 23.1 Å². The lowest BCUT2D eigenvalue weighted by atomic mass is 10.3. The largest absolute Gasteiger partial charge is 0.508 e. The molecule has 0 saturated heterocycles. The number of anilines is 1. The summed E-state index contributed by atoms with van der Waals surface area (Å²) in [4.78, 5) is 22.2. The van der Waals surface area contributed by atoms with E-state index in [0.717, 1.165) is 0 Å². The predicted molar refractivity (Wildman–Crippen MR) is 73.5 cm³/mol. The Morgan fingerprint density at radius 2 is 1.81 bits per heavy atom. The fraction of sp³-hybridized carbons (Fsp3) is 0.333. The number of carbonyl (C=O) groups excluding carboxylic acids is 1. The van der Waals surface area contributed by atoms with Crippen molar-refractivity contribution >= 4 is 27.6 Å². The minimum Gasteiger partial charge on any atom is -0.508 e. The number of carbonyl (C=O) groups is 2. The molecule has 0 saturated carbocycles. The Hall–Kier alpha value is -2.29. The maximum atomic E-state index is 12.1. The summed E-state index contributed by atoms with van der Waals surface area (Å²) in [7, 11) is -4.21. The van der Waals surface area contributed by atoms with Crippen molar-refractivity contribution in [3.8, 4) is 5.75 Å². The zero-order chi connectivity index (χ0) is 16.0. The quantitative estimate of drug-likeness (QED) is 0.688. The maximum absolute atomic E-state index is 12.1. The zero-order valence-electron chi connectivity index (χ0n) is 11.2. The Bertz CT molecular complexity index is 609. The molecule has 21 heavy (non-hydrogen) atoms. The number of phenolic OH excluding ortho intramolecular Hbond substituents is 1. The van der Waals surface area contributed by atoms with Gasteiger partial charge in [0.15, 0.2) is 5.75 Å². The fourth-order valence-corrected chi connectivity index (χ4v) is 2.81. The molecule has 0 aliphatic carbocycles. The van der Waals surface area contributed by atoms with Crippen LogP contribution in [0.3, 0.4) is 0 Å². The van der Waals surface area contributed by atoms with Gasteiger partial charge in [0.2, 0.25) is 10.0 Å². The first kappa shape index (κ1) is 16.8. The van der Waals surface area contributed by atoms with Gasteiger partial charge in [0.25, 0.3) is 0 Å². The van der Waals surface area contributed by atoms with Crippen LogP contribution in [0.2, 0.25) is 0 Å². The van der Waals surface area contributed by atoms with E-state index in [1.165, 1.54) is 31.2 Å². The standard InChI is InChI=1S/C12H15NO7S/c1-2-20-12(17)8-21(18,19)13(7-11(15)16)9-3-5-10(14)6-4-9/h3-6,14H,2,7-8H2,1H3,(H,15,16). The van der Waals surface area contributed by atoms with E-state index in [2.05, 4.69) is 4.74 Å². The second-order valence-electron chi connectivity index (χ2n) is 3.98. The van der Waals surface area contributed by atoms with Gasteiger partial charge in [-0.15, -0.1) is 0 Å². The maximum Gasteiger partial charge on any atom is 0.324 e. The highest BCUT2D eigenvalue weighted by atomic mass is 32.2. The average molecular weight is 317 g/mol. The van der Waals surface area contributed by atoms with Gasteiger partial charge in [-0.3, -0.25) is 13.9 Å². The average Bonchev–Trinajstić information content (AvgIpc) is 2.36. The number of benzene rings is 1. The SMILES string of the molecule is CCOC(=O)CS(=O)(=O)N(CC(=O)O)c1ccc(O)cc1. The summed E-state index contributed by atoms with van der Waals surface area (Å²) in [5.74, 6) is -3.41. The molecular formula is C12H15NO7S. The minimum atomic E-state index is -4.21. The van der Waals surface area contributed by atoms with E-state index in [4.69, 9.17) is 5.11 Å². The molecule has 2 N–H and O–H groups in total. The van der Waals surface area contributed by atoms with E-state index in [-0.39, 0.29) is 18.0 Å². The number of carboxylic acid groups (broad SMARTS) is 1. The summed E-state index contributed by atoms with van der Waals surface area (Å²) in [6.45, 7) is 0.707. The van der Waals surface area contributed by atoms with Gasteiger partial charge in [0.1, 0.15) is 12.3 Å². The first-order valence-corrected chi connectivity index (χ1v) is 7.54. The first-order valence-electron chi connectivity index (χ1n) is 5.93. The Balaban J connectivity index is 3.09. The molecule has 0 heterocycles. The Morgan fingerprint density at radius 3 is 2.29 bits per heavy atom. The molecule has 1 rings (SSSR count). The lowest BCUT2D eigenvalue weighted by Crippen LogP contribution is -2.39. The molecule has 116 valence electrons. The number of sulfonamides is 1. The summed E-state index contributed by atoms with van der Waals surface area (Å²) < 4.78 is 29.4. The molecule has 0 aromatic heterocycles. The van der Waals surface area contributed by atoms with Crippen molar-refractivity contribution in [2.24, 2.45) is 0 Å².